The van der Waals surface area contributed by atoms with Gasteiger partial charge in [-0.15, -0.1) is 0 Å². The van der Waals surface area contributed by atoms with Crippen molar-refractivity contribution in [3.63, 3.8) is 0 Å². The van der Waals surface area contributed by atoms with Crippen LogP contribution in [0.15, 0.2) is 10.7 Å². The summed E-state index contributed by atoms with van der Waals surface area (Å²) in [7, 11) is 0. The summed E-state index contributed by atoms with van der Waals surface area (Å²) in [6, 6.07) is 0. The summed E-state index contributed by atoms with van der Waals surface area (Å²) < 4.78 is 0.481. The Kier molecular flexibility index (Phi) is 2.69. The van der Waals surface area contributed by atoms with Crippen molar-refractivity contribution in [2.75, 3.05) is 0 Å². The number of hydrogen-bond donors (Lipinski definition) is 1. The van der Waals surface area contributed by atoms with Gasteiger partial charge in [0.05, 0.1) is 0 Å². The summed E-state index contributed by atoms with van der Waals surface area (Å²) in [5.74, 6) is -1.08. The molecule has 1 aromatic rings. The largest absolute Gasteiger partial charge is 0.478 e. The van der Waals surface area contributed by atoms with E-state index < -0.39 is 5.97 Å². The van der Waals surface area contributed by atoms with Gasteiger partial charge in [-0.3, -0.25) is 0 Å². The van der Waals surface area contributed by atoms with Crippen LogP contribution in [-0.4, -0.2) is 16.1 Å². The molecule has 0 amide bonds. The molecule has 0 saturated heterocycles. The molecule has 0 bridgehead atoms. The first kappa shape index (κ1) is 9.48. The van der Waals surface area contributed by atoms with Crippen LogP contribution < -0.4 is 0 Å². The summed E-state index contributed by atoms with van der Waals surface area (Å²) in [6.07, 6.45) is 1.51. The number of rotatable bonds is 1. The van der Waals surface area contributed by atoms with Crippen LogP contribution >= 0.6 is 27.5 Å². The number of hydrogen-bond acceptors (Lipinski definition) is 2. The number of aromatic carboxylic acids is 1. The van der Waals surface area contributed by atoms with Gasteiger partial charge in [-0.1, -0.05) is 11.6 Å². The predicted molar refractivity (Wildman–Crippen MR) is 48.6 cm³/mol. The maximum Gasteiger partial charge on any atom is 0.340 e. The Morgan fingerprint density at radius 3 is 2.75 bits per heavy atom. The monoisotopic (exact) mass is 249 g/mol. The Balaban J connectivity index is 3.43. The summed E-state index contributed by atoms with van der Waals surface area (Å²) in [5.41, 5.74) is 0.758. The van der Waals surface area contributed by atoms with Gasteiger partial charge >= 0.3 is 5.97 Å². The quantitative estimate of drug-likeness (QED) is 0.779. The SMILES string of the molecule is Cc1cnc(Cl)c(C(=O)O)c1Br. The molecule has 0 spiro atoms. The highest BCUT2D eigenvalue weighted by atomic mass is 79.9. The van der Waals surface area contributed by atoms with E-state index in [4.69, 9.17) is 16.7 Å². The summed E-state index contributed by atoms with van der Waals surface area (Å²) >= 11 is 8.70. The van der Waals surface area contributed by atoms with E-state index in [1.54, 1.807) is 6.92 Å². The van der Waals surface area contributed by atoms with Crippen LogP contribution in [0.1, 0.15) is 15.9 Å². The molecule has 0 aliphatic rings. The molecule has 0 fully saturated rings. The number of aromatic nitrogens is 1. The minimum absolute atomic E-state index is 0.0000231. The third-order valence-corrected chi connectivity index (χ3v) is 2.67. The molecule has 0 unspecified atom stereocenters. The number of carbonyl (C=O) groups is 1. The molecular formula is C7H5BrClNO2. The molecule has 0 aliphatic heterocycles. The highest BCUT2D eigenvalue weighted by molar-refractivity contribution is 9.10. The van der Waals surface area contributed by atoms with Crippen molar-refractivity contribution in [3.8, 4) is 0 Å². The highest BCUT2D eigenvalue weighted by Gasteiger charge is 2.15. The van der Waals surface area contributed by atoms with Crippen molar-refractivity contribution in [2.24, 2.45) is 0 Å². The third-order valence-electron chi connectivity index (χ3n) is 1.36. The number of pyridine rings is 1. The smallest absolute Gasteiger partial charge is 0.340 e. The van der Waals surface area contributed by atoms with Crippen molar-refractivity contribution < 1.29 is 9.90 Å². The molecule has 1 rings (SSSR count). The zero-order chi connectivity index (χ0) is 9.30. The lowest BCUT2D eigenvalue weighted by Crippen LogP contribution is -2.01. The van der Waals surface area contributed by atoms with Crippen molar-refractivity contribution in [3.05, 3.63) is 26.9 Å². The van der Waals surface area contributed by atoms with Crippen LogP contribution in [-0.2, 0) is 0 Å². The molecule has 64 valence electrons. The Morgan fingerprint density at radius 1 is 1.75 bits per heavy atom. The van der Waals surface area contributed by atoms with Crippen LogP contribution in [0.3, 0.4) is 0 Å². The van der Waals surface area contributed by atoms with E-state index in [9.17, 15) is 4.79 Å². The molecule has 0 aromatic carbocycles. The number of halogens is 2. The van der Waals surface area contributed by atoms with Gasteiger partial charge in [0.25, 0.3) is 0 Å². The van der Waals surface area contributed by atoms with Gasteiger partial charge in [0, 0.05) is 10.7 Å². The van der Waals surface area contributed by atoms with E-state index in [0.29, 0.717) is 4.47 Å². The molecule has 1 N–H and O–H groups in total. The first-order valence-electron chi connectivity index (χ1n) is 3.08. The lowest BCUT2D eigenvalue weighted by molar-refractivity contribution is 0.0695. The maximum atomic E-state index is 10.6. The first-order valence-corrected chi connectivity index (χ1v) is 4.25. The van der Waals surface area contributed by atoms with Gasteiger partial charge in [0.2, 0.25) is 0 Å². The zero-order valence-corrected chi connectivity index (χ0v) is 8.48. The molecule has 5 heteroatoms. The average Bonchev–Trinajstić information content (AvgIpc) is 1.97. The summed E-state index contributed by atoms with van der Waals surface area (Å²) in [5, 5.41) is 8.72. The van der Waals surface area contributed by atoms with Crippen LogP contribution in [0, 0.1) is 6.92 Å². The Labute approximate surface area is 82.5 Å². The number of carboxylic acids is 1. The average molecular weight is 250 g/mol. The third kappa shape index (κ3) is 1.59. The molecule has 3 nitrogen and oxygen atoms in total. The fourth-order valence-electron chi connectivity index (χ4n) is 0.745. The Morgan fingerprint density at radius 2 is 2.33 bits per heavy atom. The second-order valence-electron chi connectivity index (χ2n) is 2.23. The van der Waals surface area contributed by atoms with Crippen LogP contribution in [0.4, 0.5) is 0 Å². The summed E-state index contributed by atoms with van der Waals surface area (Å²) in [4.78, 5) is 14.4. The van der Waals surface area contributed by atoms with Gasteiger partial charge < -0.3 is 5.11 Å². The van der Waals surface area contributed by atoms with E-state index in [1.807, 2.05) is 0 Å². The van der Waals surface area contributed by atoms with Gasteiger partial charge in [0.1, 0.15) is 10.7 Å². The van der Waals surface area contributed by atoms with E-state index in [1.165, 1.54) is 6.20 Å². The van der Waals surface area contributed by atoms with E-state index in [-0.39, 0.29) is 10.7 Å². The molecular weight excluding hydrogens is 245 g/mol. The summed E-state index contributed by atoms with van der Waals surface area (Å²) in [6.45, 7) is 1.75. The second kappa shape index (κ2) is 3.41. The van der Waals surface area contributed by atoms with Crippen LogP contribution in [0.2, 0.25) is 5.15 Å². The number of nitrogens with zero attached hydrogens (tertiary/aromatic N) is 1. The first-order chi connectivity index (χ1) is 5.54. The number of aryl methyl sites for hydroxylation is 1. The molecule has 12 heavy (non-hydrogen) atoms. The second-order valence-corrected chi connectivity index (χ2v) is 3.38. The molecule has 0 atom stereocenters. The van der Waals surface area contributed by atoms with Crippen molar-refractivity contribution in [2.45, 2.75) is 6.92 Å². The fourth-order valence-corrected chi connectivity index (χ4v) is 1.54. The van der Waals surface area contributed by atoms with Gasteiger partial charge in [-0.05, 0) is 28.4 Å². The Hall–Kier alpha value is -0.610. The van der Waals surface area contributed by atoms with Crippen LogP contribution in [0.25, 0.3) is 0 Å². The maximum absolute atomic E-state index is 10.6. The lowest BCUT2D eigenvalue weighted by atomic mass is 10.2. The molecule has 0 radical (unpaired) electrons. The van der Waals surface area contributed by atoms with E-state index in [2.05, 4.69) is 20.9 Å². The standard InChI is InChI=1S/C7H5BrClNO2/c1-3-2-10-6(9)4(5(3)8)7(11)12/h2H,1H3,(H,11,12). The van der Waals surface area contributed by atoms with Crippen molar-refractivity contribution in [1.82, 2.24) is 4.98 Å². The molecule has 0 saturated carbocycles. The van der Waals surface area contributed by atoms with E-state index in [0.717, 1.165) is 5.56 Å². The molecule has 0 aliphatic carbocycles. The predicted octanol–water partition coefficient (Wildman–Crippen LogP) is 2.50. The minimum Gasteiger partial charge on any atom is -0.478 e. The van der Waals surface area contributed by atoms with E-state index >= 15 is 0 Å². The molecule has 1 heterocycles. The molecule has 1 aromatic heterocycles. The minimum atomic E-state index is -1.08. The van der Waals surface area contributed by atoms with Crippen LogP contribution in [0.5, 0.6) is 0 Å². The Bertz CT molecular complexity index is 340. The van der Waals surface area contributed by atoms with Gasteiger partial charge in [-0.2, -0.15) is 0 Å². The van der Waals surface area contributed by atoms with Crippen molar-refractivity contribution >= 4 is 33.5 Å². The zero-order valence-electron chi connectivity index (χ0n) is 6.14. The normalized spacial score (nSPS) is 9.92. The topological polar surface area (TPSA) is 50.2 Å². The lowest BCUT2D eigenvalue weighted by Gasteiger charge is -2.02. The van der Waals surface area contributed by atoms with Gasteiger partial charge in [0.15, 0.2) is 0 Å². The highest BCUT2D eigenvalue weighted by Crippen LogP contribution is 2.25. The van der Waals surface area contributed by atoms with Crippen molar-refractivity contribution in [1.29, 1.82) is 0 Å². The fraction of sp³-hybridized carbons (Fsp3) is 0.143. The number of carboxylic acid groups (broad SMARTS) is 1. The van der Waals surface area contributed by atoms with Gasteiger partial charge in [-0.25, -0.2) is 9.78 Å².